The van der Waals surface area contributed by atoms with E-state index >= 15 is 0 Å². The van der Waals surface area contributed by atoms with Crippen molar-refractivity contribution in [2.24, 2.45) is 0 Å². The molecule has 150 valence electrons. The minimum Gasteiger partial charge on any atom is -0.369 e. The van der Waals surface area contributed by atoms with E-state index in [9.17, 15) is 18.0 Å². The van der Waals surface area contributed by atoms with Crippen molar-refractivity contribution in [1.29, 1.82) is 0 Å². The van der Waals surface area contributed by atoms with E-state index in [2.05, 4.69) is 47.2 Å². The molecule has 1 fully saturated rings. The molecule has 0 atom stereocenters. The average molecular weight is 391 g/mol. The van der Waals surface area contributed by atoms with E-state index in [0.29, 0.717) is 5.69 Å². The molecule has 0 spiro atoms. The lowest BCUT2D eigenvalue weighted by atomic mass is 10.1. The Kier molecular flexibility index (Phi) is 5.93. The fourth-order valence-corrected chi connectivity index (χ4v) is 3.35. The number of alkyl halides is 3. The molecule has 0 saturated carbocycles. The van der Waals surface area contributed by atoms with Crippen LogP contribution in [0.25, 0.3) is 0 Å². The van der Waals surface area contributed by atoms with Gasteiger partial charge in [-0.15, -0.1) is 0 Å². The minimum atomic E-state index is -4.38. The maximum absolute atomic E-state index is 12.6. The molecule has 7 heteroatoms. The van der Waals surface area contributed by atoms with Gasteiger partial charge in [-0.25, -0.2) is 0 Å². The predicted octanol–water partition coefficient (Wildman–Crippen LogP) is 4.08. The molecule has 0 aliphatic carbocycles. The summed E-state index contributed by atoms with van der Waals surface area (Å²) in [5.74, 6) is -0.222. The smallest absolute Gasteiger partial charge is 0.369 e. The van der Waals surface area contributed by atoms with Crippen LogP contribution in [0.15, 0.2) is 42.5 Å². The highest BCUT2D eigenvalue weighted by Gasteiger charge is 2.30. The van der Waals surface area contributed by atoms with E-state index in [1.54, 1.807) is 0 Å². The van der Waals surface area contributed by atoms with Gasteiger partial charge in [-0.3, -0.25) is 9.69 Å². The quantitative estimate of drug-likeness (QED) is 0.853. The van der Waals surface area contributed by atoms with Crippen molar-refractivity contribution in [3.05, 3.63) is 59.2 Å². The van der Waals surface area contributed by atoms with Crippen LogP contribution in [0, 0.1) is 13.8 Å². The third-order valence-electron chi connectivity index (χ3n) is 4.94. The van der Waals surface area contributed by atoms with Crippen molar-refractivity contribution in [3.8, 4) is 0 Å². The number of nitrogens with zero attached hydrogens (tertiary/aromatic N) is 2. The van der Waals surface area contributed by atoms with Crippen molar-refractivity contribution < 1.29 is 18.0 Å². The monoisotopic (exact) mass is 391 g/mol. The first kappa shape index (κ1) is 20.2. The Balaban J connectivity index is 1.50. The Morgan fingerprint density at radius 2 is 1.64 bits per heavy atom. The number of carbonyl (C=O) groups is 1. The molecular formula is C21H24F3N3O. The van der Waals surface area contributed by atoms with E-state index in [-0.39, 0.29) is 12.5 Å². The van der Waals surface area contributed by atoms with Gasteiger partial charge in [0, 0.05) is 37.6 Å². The number of benzene rings is 2. The molecule has 4 nitrogen and oxygen atoms in total. The summed E-state index contributed by atoms with van der Waals surface area (Å²) in [7, 11) is 0. The van der Waals surface area contributed by atoms with Gasteiger partial charge in [0.1, 0.15) is 0 Å². The zero-order valence-electron chi connectivity index (χ0n) is 16.0. The molecule has 3 rings (SSSR count). The van der Waals surface area contributed by atoms with Crippen molar-refractivity contribution in [2.75, 3.05) is 42.9 Å². The van der Waals surface area contributed by atoms with Crippen molar-refractivity contribution in [1.82, 2.24) is 4.90 Å². The van der Waals surface area contributed by atoms with E-state index < -0.39 is 11.7 Å². The molecular weight excluding hydrogens is 367 g/mol. The molecule has 1 amide bonds. The summed E-state index contributed by atoms with van der Waals surface area (Å²) in [6.07, 6.45) is -4.38. The molecule has 1 aliphatic heterocycles. The second-order valence-corrected chi connectivity index (χ2v) is 7.18. The number of anilines is 2. The zero-order chi connectivity index (χ0) is 20.3. The van der Waals surface area contributed by atoms with Crippen molar-refractivity contribution in [2.45, 2.75) is 20.0 Å². The second kappa shape index (κ2) is 8.22. The van der Waals surface area contributed by atoms with Gasteiger partial charge in [0.25, 0.3) is 0 Å². The maximum Gasteiger partial charge on any atom is 0.416 e. The van der Waals surface area contributed by atoms with Gasteiger partial charge in [-0.05, 0) is 55.3 Å². The molecule has 2 aromatic rings. The van der Waals surface area contributed by atoms with Gasteiger partial charge >= 0.3 is 6.18 Å². The van der Waals surface area contributed by atoms with Gasteiger partial charge in [0.2, 0.25) is 5.91 Å². The molecule has 1 heterocycles. The number of rotatable bonds is 4. The molecule has 0 radical (unpaired) electrons. The van der Waals surface area contributed by atoms with Gasteiger partial charge in [-0.2, -0.15) is 13.2 Å². The minimum absolute atomic E-state index is 0.222. The normalized spacial score (nSPS) is 15.5. The highest BCUT2D eigenvalue weighted by atomic mass is 19.4. The summed E-state index contributed by atoms with van der Waals surface area (Å²) in [6.45, 7) is 7.57. The zero-order valence-corrected chi connectivity index (χ0v) is 16.0. The number of amides is 1. The number of carbonyl (C=O) groups excluding carboxylic acids is 1. The van der Waals surface area contributed by atoms with Crippen LogP contribution in [0.5, 0.6) is 0 Å². The standard InChI is InChI=1S/C21H24F3N3O/c1-15-3-4-16(2)19(13-15)27-11-9-26(10-12-27)14-20(28)25-18-7-5-17(6-8-18)21(22,23)24/h3-8,13H,9-12,14H2,1-2H3,(H,25,28). The Hall–Kier alpha value is -2.54. The molecule has 0 aromatic heterocycles. The second-order valence-electron chi connectivity index (χ2n) is 7.18. The van der Waals surface area contributed by atoms with Gasteiger partial charge < -0.3 is 10.2 Å². The number of piperazine rings is 1. The molecule has 0 bridgehead atoms. The fourth-order valence-electron chi connectivity index (χ4n) is 3.35. The summed E-state index contributed by atoms with van der Waals surface area (Å²) in [4.78, 5) is 16.6. The third kappa shape index (κ3) is 5.04. The first-order chi connectivity index (χ1) is 13.2. The molecule has 1 aliphatic rings. The molecule has 1 N–H and O–H groups in total. The molecule has 2 aromatic carbocycles. The summed E-state index contributed by atoms with van der Waals surface area (Å²) >= 11 is 0. The SMILES string of the molecule is Cc1ccc(C)c(N2CCN(CC(=O)Nc3ccc(C(F)(F)F)cc3)CC2)c1. The fraction of sp³-hybridized carbons (Fsp3) is 0.381. The maximum atomic E-state index is 12.6. The van der Waals surface area contributed by atoms with Crippen LogP contribution in [0.1, 0.15) is 16.7 Å². The van der Waals surface area contributed by atoms with Crippen molar-refractivity contribution >= 4 is 17.3 Å². The largest absolute Gasteiger partial charge is 0.416 e. The Morgan fingerprint density at radius 1 is 1.00 bits per heavy atom. The van der Waals surface area contributed by atoms with E-state index in [1.165, 1.54) is 28.9 Å². The van der Waals surface area contributed by atoms with Crippen LogP contribution in [0.4, 0.5) is 24.5 Å². The number of aryl methyl sites for hydroxylation is 2. The Labute approximate surface area is 162 Å². The highest BCUT2D eigenvalue weighted by molar-refractivity contribution is 5.92. The number of nitrogens with one attached hydrogen (secondary N) is 1. The summed E-state index contributed by atoms with van der Waals surface area (Å²) in [6, 6.07) is 10.9. The first-order valence-electron chi connectivity index (χ1n) is 9.24. The lowest BCUT2D eigenvalue weighted by molar-refractivity contribution is -0.137. The molecule has 28 heavy (non-hydrogen) atoms. The van der Waals surface area contributed by atoms with Crippen LogP contribution in [-0.2, 0) is 11.0 Å². The van der Waals surface area contributed by atoms with E-state index in [4.69, 9.17) is 0 Å². The highest BCUT2D eigenvalue weighted by Crippen LogP contribution is 2.29. The molecule has 1 saturated heterocycles. The van der Waals surface area contributed by atoms with Crippen LogP contribution in [-0.4, -0.2) is 43.5 Å². The Morgan fingerprint density at radius 3 is 2.25 bits per heavy atom. The van der Waals surface area contributed by atoms with E-state index in [1.807, 2.05) is 0 Å². The van der Waals surface area contributed by atoms with Gasteiger partial charge in [0.05, 0.1) is 12.1 Å². The Bertz CT molecular complexity index is 826. The van der Waals surface area contributed by atoms with Gasteiger partial charge in [0.15, 0.2) is 0 Å². The third-order valence-corrected chi connectivity index (χ3v) is 4.94. The predicted molar refractivity (Wildman–Crippen MR) is 105 cm³/mol. The van der Waals surface area contributed by atoms with Crippen LogP contribution >= 0.6 is 0 Å². The van der Waals surface area contributed by atoms with Gasteiger partial charge in [-0.1, -0.05) is 12.1 Å². The number of halogens is 3. The average Bonchev–Trinajstić information content (AvgIpc) is 2.64. The topological polar surface area (TPSA) is 35.6 Å². The lowest BCUT2D eigenvalue weighted by Crippen LogP contribution is -2.48. The molecule has 0 unspecified atom stereocenters. The number of hydrogen-bond acceptors (Lipinski definition) is 3. The summed E-state index contributed by atoms with van der Waals surface area (Å²) < 4.78 is 37.8. The summed E-state index contributed by atoms with van der Waals surface area (Å²) in [5.41, 5.74) is 3.33. The van der Waals surface area contributed by atoms with Crippen LogP contribution in [0.3, 0.4) is 0 Å². The van der Waals surface area contributed by atoms with Crippen LogP contribution in [0.2, 0.25) is 0 Å². The first-order valence-corrected chi connectivity index (χ1v) is 9.24. The lowest BCUT2D eigenvalue weighted by Gasteiger charge is -2.36. The van der Waals surface area contributed by atoms with Crippen molar-refractivity contribution in [3.63, 3.8) is 0 Å². The van der Waals surface area contributed by atoms with Crippen LogP contribution < -0.4 is 10.2 Å². The number of hydrogen-bond donors (Lipinski definition) is 1. The summed E-state index contributed by atoms with van der Waals surface area (Å²) in [5, 5.41) is 2.67. The van der Waals surface area contributed by atoms with E-state index in [0.717, 1.165) is 38.3 Å².